The van der Waals surface area contributed by atoms with Crippen LogP contribution in [0.5, 0.6) is 0 Å². The summed E-state index contributed by atoms with van der Waals surface area (Å²) in [5.74, 6) is 0. The van der Waals surface area contributed by atoms with E-state index in [1.807, 2.05) is 30.3 Å². The van der Waals surface area contributed by atoms with Gasteiger partial charge in [-0.2, -0.15) is 0 Å². The minimum absolute atomic E-state index is 0.424. The van der Waals surface area contributed by atoms with E-state index < -0.39 is 36.4 Å². The molecule has 0 aromatic heterocycles. The lowest BCUT2D eigenvalue weighted by atomic mass is 9.99. The van der Waals surface area contributed by atoms with Crippen molar-refractivity contribution in [2.45, 2.75) is 34.7 Å². The summed E-state index contributed by atoms with van der Waals surface area (Å²) in [5.41, 5.74) is 7.90. The monoisotopic (exact) mass is 297 g/mol. The van der Waals surface area contributed by atoms with Crippen molar-refractivity contribution in [3.05, 3.63) is 40.8 Å². The average molecular weight is 297 g/mol. The molecule has 0 aliphatic carbocycles. The highest BCUT2D eigenvalue weighted by Crippen LogP contribution is 2.34. The molecule has 8 heteroatoms. The standard InChI is InChI=1S/C12H15N3O4S/c13-15-14-9-11(18)10(17)8(6-16)19-12(9)20-7-4-2-1-3-5-7/h1-5,8-12,16-18H,6H2/t8?,9?,10-,11-,12+/m1/s1. The second kappa shape index (κ2) is 6.94. The van der Waals surface area contributed by atoms with Gasteiger partial charge in [-0.25, -0.2) is 0 Å². The first-order valence-electron chi connectivity index (χ1n) is 6.05. The molecule has 108 valence electrons. The van der Waals surface area contributed by atoms with Crippen LogP contribution in [0.25, 0.3) is 10.4 Å². The topological polar surface area (TPSA) is 119 Å². The van der Waals surface area contributed by atoms with Crippen LogP contribution in [0.4, 0.5) is 0 Å². The summed E-state index contributed by atoms with van der Waals surface area (Å²) in [6, 6.07) is 8.35. The van der Waals surface area contributed by atoms with Gasteiger partial charge in [-0.3, -0.25) is 0 Å². The first-order chi connectivity index (χ1) is 9.67. The minimum atomic E-state index is -1.29. The average Bonchev–Trinajstić information content (AvgIpc) is 2.47. The molecule has 0 saturated carbocycles. The highest BCUT2D eigenvalue weighted by Gasteiger charge is 2.44. The van der Waals surface area contributed by atoms with Gasteiger partial charge in [-0.1, -0.05) is 35.1 Å². The van der Waals surface area contributed by atoms with Crippen LogP contribution in [-0.4, -0.2) is 51.7 Å². The normalized spacial score (nSPS) is 33.5. The molecule has 20 heavy (non-hydrogen) atoms. The number of aliphatic hydroxyl groups is 3. The number of benzene rings is 1. The van der Waals surface area contributed by atoms with Gasteiger partial charge in [-0.15, -0.1) is 0 Å². The Hall–Kier alpha value is -1.28. The Morgan fingerprint density at radius 3 is 2.55 bits per heavy atom. The highest BCUT2D eigenvalue weighted by atomic mass is 32.2. The van der Waals surface area contributed by atoms with Crippen molar-refractivity contribution in [3.8, 4) is 0 Å². The molecule has 1 aliphatic heterocycles. The molecule has 0 bridgehead atoms. The van der Waals surface area contributed by atoms with Crippen molar-refractivity contribution < 1.29 is 20.1 Å². The van der Waals surface area contributed by atoms with Crippen molar-refractivity contribution in [1.82, 2.24) is 0 Å². The SMILES string of the molecule is [N-]=[N+]=NC1[C@@H](O)[C@H](O)C(CO)O[C@H]1Sc1ccccc1. The van der Waals surface area contributed by atoms with Crippen LogP contribution >= 0.6 is 11.8 Å². The third-order valence-electron chi connectivity index (χ3n) is 3.03. The van der Waals surface area contributed by atoms with E-state index in [0.29, 0.717) is 0 Å². The molecular formula is C12H15N3O4S. The molecule has 0 amide bonds. The molecule has 7 nitrogen and oxygen atoms in total. The molecule has 1 aliphatic rings. The van der Waals surface area contributed by atoms with Gasteiger partial charge >= 0.3 is 0 Å². The van der Waals surface area contributed by atoms with Gasteiger partial charge in [0.15, 0.2) is 0 Å². The number of rotatable bonds is 4. The maximum absolute atomic E-state index is 10.00. The Morgan fingerprint density at radius 2 is 1.95 bits per heavy atom. The zero-order chi connectivity index (χ0) is 14.5. The van der Waals surface area contributed by atoms with Crippen LogP contribution in [0.3, 0.4) is 0 Å². The molecule has 1 saturated heterocycles. The molecule has 2 unspecified atom stereocenters. The van der Waals surface area contributed by atoms with Crippen molar-refractivity contribution >= 4 is 11.8 Å². The molecule has 5 atom stereocenters. The summed E-state index contributed by atoms with van der Waals surface area (Å²) in [5, 5.41) is 32.5. The molecule has 0 spiro atoms. The fourth-order valence-corrected chi connectivity index (χ4v) is 3.12. The second-order valence-corrected chi connectivity index (χ2v) is 5.50. The lowest BCUT2D eigenvalue weighted by molar-refractivity contribution is -0.165. The number of thioether (sulfide) groups is 1. The van der Waals surface area contributed by atoms with Crippen molar-refractivity contribution in [2.24, 2.45) is 5.11 Å². The second-order valence-electron chi connectivity index (χ2n) is 4.33. The summed E-state index contributed by atoms with van der Waals surface area (Å²) < 4.78 is 5.53. The highest BCUT2D eigenvalue weighted by molar-refractivity contribution is 7.99. The number of hydrogen-bond donors (Lipinski definition) is 3. The zero-order valence-corrected chi connectivity index (χ0v) is 11.3. The van der Waals surface area contributed by atoms with Crippen molar-refractivity contribution in [3.63, 3.8) is 0 Å². The van der Waals surface area contributed by atoms with Gasteiger partial charge in [0.1, 0.15) is 23.7 Å². The number of aliphatic hydroxyl groups excluding tert-OH is 3. The van der Waals surface area contributed by atoms with Crippen LogP contribution in [-0.2, 0) is 4.74 Å². The van der Waals surface area contributed by atoms with Crippen LogP contribution in [0.1, 0.15) is 0 Å². The Kier molecular flexibility index (Phi) is 5.24. The van der Waals surface area contributed by atoms with E-state index in [0.717, 1.165) is 4.90 Å². The van der Waals surface area contributed by atoms with Gasteiger partial charge < -0.3 is 20.1 Å². The predicted octanol–water partition coefficient (Wildman–Crippen LogP) is 0.897. The fourth-order valence-electron chi connectivity index (χ4n) is 1.98. The minimum Gasteiger partial charge on any atom is -0.394 e. The molecular weight excluding hydrogens is 282 g/mol. The van der Waals surface area contributed by atoms with Crippen LogP contribution in [0, 0.1) is 0 Å². The lowest BCUT2D eigenvalue weighted by Gasteiger charge is -2.40. The van der Waals surface area contributed by atoms with E-state index in [2.05, 4.69) is 10.0 Å². The zero-order valence-electron chi connectivity index (χ0n) is 10.5. The summed E-state index contributed by atoms with van der Waals surface area (Å²) in [4.78, 5) is 3.56. The fraction of sp³-hybridized carbons (Fsp3) is 0.500. The quantitative estimate of drug-likeness (QED) is 0.433. The Morgan fingerprint density at radius 1 is 1.25 bits per heavy atom. The number of ether oxygens (including phenoxy) is 1. The van der Waals surface area contributed by atoms with Gasteiger partial charge in [0.05, 0.1) is 12.7 Å². The predicted molar refractivity (Wildman–Crippen MR) is 73.0 cm³/mol. The smallest absolute Gasteiger partial charge is 0.119 e. The Bertz CT molecular complexity index is 483. The molecule has 0 radical (unpaired) electrons. The molecule has 1 aromatic carbocycles. The number of hydrogen-bond acceptors (Lipinski definition) is 6. The molecule has 1 aromatic rings. The van der Waals surface area contributed by atoms with Gasteiger partial charge in [0, 0.05) is 9.81 Å². The summed E-state index contributed by atoms with van der Waals surface area (Å²) in [7, 11) is 0. The van der Waals surface area contributed by atoms with E-state index in [9.17, 15) is 15.3 Å². The summed E-state index contributed by atoms with van der Waals surface area (Å²) >= 11 is 1.27. The van der Waals surface area contributed by atoms with Gasteiger partial charge in [0.25, 0.3) is 0 Å². The van der Waals surface area contributed by atoms with Crippen LogP contribution in [0.15, 0.2) is 40.3 Å². The van der Waals surface area contributed by atoms with E-state index in [1.165, 1.54) is 11.8 Å². The Balaban J connectivity index is 2.20. The Labute approximate surface area is 119 Å². The molecule has 1 fully saturated rings. The number of azide groups is 1. The number of nitrogens with zero attached hydrogens (tertiary/aromatic N) is 3. The van der Waals surface area contributed by atoms with E-state index in [-0.39, 0.29) is 0 Å². The summed E-state index contributed by atoms with van der Waals surface area (Å²) in [6.45, 7) is -0.424. The maximum atomic E-state index is 10.00. The van der Waals surface area contributed by atoms with Crippen molar-refractivity contribution in [2.75, 3.05) is 6.61 Å². The van der Waals surface area contributed by atoms with Gasteiger partial charge in [-0.05, 0) is 17.7 Å². The maximum Gasteiger partial charge on any atom is 0.119 e. The first-order valence-corrected chi connectivity index (χ1v) is 6.93. The summed E-state index contributed by atoms with van der Waals surface area (Å²) in [6.07, 6.45) is -3.47. The lowest BCUT2D eigenvalue weighted by Crippen LogP contribution is -2.56. The third-order valence-corrected chi connectivity index (χ3v) is 4.20. The van der Waals surface area contributed by atoms with Crippen molar-refractivity contribution in [1.29, 1.82) is 0 Å². The third kappa shape index (κ3) is 3.24. The largest absolute Gasteiger partial charge is 0.394 e. The molecule has 1 heterocycles. The van der Waals surface area contributed by atoms with E-state index >= 15 is 0 Å². The van der Waals surface area contributed by atoms with E-state index in [4.69, 9.17) is 10.3 Å². The first kappa shape index (κ1) is 15.1. The molecule has 2 rings (SSSR count). The van der Waals surface area contributed by atoms with Gasteiger partial charge in [0.2, 0.25) is 0 Å². The van der Waals surface area contributed by atoms with E-state index in [1.54, 1.807) is 0 Å². The van der Waals surface area contributed by atoms with Crippen LogP contribution in [0.2, 0.25) is 0 Å². The van der Waals surface area contributed by atoms with Crippen LogP contribution < -0.4 is 0 Å². The molecule has 3 N–H and O–H groups in total.